The third kappa shape index (κ3) is 3.30. The van der Waals surface area contributed by atoms with Crippen molar-refractivity contribution < 1.29 is 4.74 Å². The topological polar surface area (TPSA) is 24.5 Å². The van der Waals surface area contributed by atoms with E-state index in [1.54, 1.807) is 7.11 Å². The van der Waals surface area contributed by atoms with E-state index >= 15 is 0 Å². The predicted octanol–water partition coefficient (Wildman–Crippen LogP) is 2.85. The lowest BCUT2D eigenvalue weighted by Gasteiger charge is -2.23. The van der Waals surface area contributed by atoms with Crippen molar-refractivity contribution in [3.05, 3.63) is 22.7 Å². The molecular formula is C14H21ClN2O. The second-order valence-electron chi connectivity index (χ2n) is 4.93. The molecule has 1 N–H and O–H groups in total. The van der Waals surface area contributed by atoms with Crippen molar-refractivity contribution in [3.8, 4) is 5.75 Å². The van der Waals surface area contributed by atoms with E-state index in [2.05, 4.69) is 17.3 Å². The first-order chi connectivity index (χ1) is 8.61. The SMILES string of the molecule is COc1c(C)cc(Cl)cc1N(C)CCNC1CC1. The molecule has 1 aliphatic carbocycles. The van der Waals surface area contributed by atoms with Crippen LogP contribution in [0.4, 0.5) is 5.69 Å². The Balaban J connectivity index is 2.04. The zero-order chi connectivity index (χ0) is 13.1. The summed E-state index contributed by atoms with van der Waals surface area (Å²) >= 11 is 6.12. The third-order valence-corrected chi connectivity index (χ3v) is 3.51. The minimum Gasteiger partial charge on any atom is -0.494 e. The molecular weight excluding hydrogens is 248 g/mol. The molecule has 1 aromatic carbocycles. The van der Waals surface area contributed by atoms with Crippen LogP contribution in [0.2, 0.25) is 5.02 Å². The Morgan fingerprint density at radius 1 is 1.44 bits per heavy atom. The molecule has 1 aliphatic rings. The van der Waals surface area contributed by atoms with Gasteiger partial charge in [0, 0.05) is 31.2 Å². The van der Waals surface area contributed by atoms with Crippen LogP contribution in [0.15, 0.2) is 12.1 Å². The first-order valence-electron chi connectivity index (χ1n) is 6.40. The molecule has 0 amide bonds. The van der Waals surface area contributed by atoms with Gasteiger partial charge in [-0.05, 0) is 37.5 Å². The average molecular weight is 269 g/mol. The zero-order valence-electron chi connectivity index (χ0n) is 11.3. The standard InChI is InChI=1S/C14H21ClN2O/c1-10-8-11(15)9-13(14(10)18-3)17(2)7-6-16-12-4-5-12/h8-9,12,16H,4-7H2,1-3H3. The normalized spacial score (nSPS) is 14.7. The van der Waals surface area contributed by atoms with Gasteiger partial charge in [-0.3, -0.25) is 0 Å². The van der Waals surface area contributed by atoms with Gasteiger partial charge >= 0.3 is 0 Å². The van der Waals surface area contributed by atoms with Crippen LogP contribution in [0.1, 0.15) is 18.4 Å². The Labute approximate surface area is 114 Å². The first kappa shape index (κ1) is 13.5. The van der Waals surface area contributed by atoms with Crippen molar-refractivity contribution in [2.24, 2.45) is 0 Å². The number of hydrogen-bond acceptors (Lipinski definition) is 3. The maximum atomic E-state index is 6.12. The summed E-state index contributed by atoms with van der Waals surface area (Å²) in [6, 6.07) is 4.64. The number of hydrogen-bond donors (Lipinski definition) is 1. The van der Waals surface area contributed by atoms with E-state index in [0.29, 0.717) is 0 Å². The quantitative estimate of drug-likeness (QED) is 0.859. The summed E-state index contributed by atoms with van der Waals surface area (Å²) in [6.45, 7) is 3.97. The second-order valence-corrected chi connectivity index (χ2v) is 5.36. The van der Waals surface area contributed by atoms with Crippen LogP contribution in [0.25, 0.3) is 0 Å². The fraction of sp³-hybridized carbons (Fsp3) is 0.571. The summed E-state index contributed by atoms with van der Waals surface area (Å²) in [6.07, 6.45) is 2.65. The van der Waals surface area contributed by atoms with E-state index < -0.39 is 0 Å². The number of nitrogens with zero attached hydrogens (tertiary/aromatic N) is 1. The molecule has 18 heavy (non-hydrogen) atoms. The van der Waals surface area contributed by atoms with Gasteiger partial charge in [0.25, 0.3) is 0 Å². The van der Waals surface area contributed by atoms with E-state index in [1.165, 1.54) is 12.8 Å². The van der Waals surface area contributed by atoms with Crippen molar-refractivity contribution >= 4 is 17.3 Å². The third-order valence-electron chi connectivity index (χ3n) is 3.29. The molecule has 0 bridgehead atoms. The average Bonchev–Trinajstić information content (AvgIpc) is 3.12. The summed E-state index contributed by atoms with van der Waals surface area (Å²) in [7, 11) is 3.78. The van der Waals surface area contributed by atoms with Crippen LogP contribution < -0.4 is 15.0 Å². The minimum absolute atomic E-state index is 0.751. The van der Waals surface area contributed by atoms with Crippen molar-refractivity contribution in [2.45, 2.75) is 25.8 Å². The molecule has 4 heteroatoms. The number of aryl methyl sites for hydroxylation is 1. The molecule has 0 spiro atoms. The molecule has 0 aliphatic heterocycles. The lowest BCUT2D eigenvalue weighted by atomic mass is 10.2. The van der Waals surface area contributed by atoms with E-state index in [4.69, 9.17) is 16.3 Å². The molecule has 0 aromatic heterocycles. The molecule has 0 heterocycles. The Morgan fingerprint density at radius 2 is 2.17 bits per heavy atom. The number of benzene rings is 1. The molecule has 0 radical (unpaired) electrons. The fourth-order valence-electron chi connectivity index (χ4n) is 2.11. The molecule has 100 valence electrons. The van der Waals surface area contributed by atoms with Crippen molar-refractivity contribution in [2.75, 3.05) is 32.1 Å². The monoisotopic (exact) mass is 268 g/mol. The Bertz CT molecular complexity index is 419. The number of rotatable bonds is 6. The molecule has 1 saturated carbocycles. The van der Waals surface area contributed by atoms with Crippen LogP contribution in [0.5, 0.6) is 5.75 Å². The smallest absolute Gasteiger partial charge is 0.145 e. The van der Waals surface area contributed by atoms with Crippen molar-refractivity contribution in [3.63, 3.8) is 0 Å². The Kier molecular flexibility index (Phi) is 4.36. The van der Waals surface area contributed by atoms with E-state index in [0.717, 1.165) is 41.2 Å². The maximum Gasteiger partial charge on any atom is 0.145 e. The van der Waals surface area contributed by atoms with E-state index in [1.807, 2.05) is 19.1 Å². The Morgan fingerprint density at radius 3 is 2.78 bits per heavy atom. The van der Waals surface area contributed by atoms with E-state index in [-0.39, 0.29) is 0 Å². The lowest BCUT2D eigenvalue weighted by molar-refractivity contribution is 0.411. The largest absolute Gasteiger partial charge is 0.494 e. The van der Waals surface area contributed by atoms with E-state index in [9.17, 15) is 0 Å². The van der Waals surface area contributed by atoms with Crippen LogP contribution in [0, 0.1) is 6.92 Å². The molecule has 1 fully saturated rings. The predicted molar refractivity (Wildman–Crippen MR) is 77.0 cm³/mol. The van der Waals surface area contributed by atoms with Crippen LogP contribution in [0.3, 0.4) is 0 Å². The van der Waals surface area contributed by atoms with Crippen molar-refractivity contribution in [1.29, 1.82) is 0 Å². The van der Waals surface area contributed by atoms with Gasteiger partial charge in [-0.15, -0.1) is 0 Å². The van der Waals surface area contributed by atoms with Crippen LogP contribution >= 0.6 is 11.6 Å². The summed E-state index contributed by atoms with van der Waals surface area (Å²) in [5.74, 6) is 0.910. The van der Waals surface area contributed by atoms with Gasteiger partial charge in [-0.1, -0.05) is 11.6 Å². The molecule has 0 saturated heterocycles. The first-order valence-corrected chi connectivity index (χ1v) is 6.78. The molecule has 0 unspecified atom stereocenters. The van der Waals surface area contributed by atoms with Gasteiger partial charge < -0.3 is 15.0 Å². The molecule has 2 rings (SSSR count). The highest BCUT2D eigenvalue weighted by Crippen LogP contribution is 2.34. The number of halogens is 1. The van der Waals surface area contributed by atoms with Gasteiger partial charge in [-0.25, -0.2) is 0 Å². The zero-order valence-corrected chi connectivity index (χ0v) is 12.0. The molecule has 3 nitrogen and oxygen atoms in total. The van der Waals surface area contributed by atoms with Gasteiger partial charge in [0.15, 0.2) is 0 Å². The Hall–Kier alpha value is -0.930. The van der Waals surface area contributed by atoms with Crippen LogP contribution in [-0.4, -0.2) is 33.3 Å². The number of likely N-dealkylation sites (N-methyl/N-ethyl adjacent to an activating group) is 1. The summed E-state index contributed by atoms with van der Waals surface area (Å²) in [5, 5.41) is 4.26. The summed E-state index contributed by atoms with van der Waals surface area (Å²) in [5.41, 5.74) is 2.13. The second kappa shape index (κ2) is 5.81. The fourth-order valence-corrected chi connectivity index (χ4v) is 2.37. The number of methoxy groups -OCH3 is 1. The molecule has 0 atom stereocenters. The van der Waals surface area contributed by atoms with Gasteiger partial charge in [-0.2, -0.15) is 0 Å². The number of nitrogens with one attached hydrogen (secondary N) is 1. The highest BCUT2D eigenvalue weighted by molar-refractivity contribution is 6.31. The van der Waals surface area contributed by atoms with Crippen molar-refractivity contribution in [1.82, 2.24) is 5.32 Å². The van der Waals surface area contributed by atoms with Gasteiger partial charge in [0.05, 0.1) is 12.8 Å². The van der Waals surface area contributed by atoms with Gasteiger partial charge in [0.1, 0.15) is 5.75 Å². The maximum absolute atomic E-state index is 6.12. The minimum atomic E-state index is 0.751. The lowest BCUT2D eigenvalue weighted by Crippen LogP contribution is -2.30. The summed E-state index contributed by atoms with van der Waals surface area (Å²) < 4.78 is 5.47. The van der Waals surface area contributed by atoms with Gasteiger partial charge in [0.2, 0.25) is 0 Å². The highest BCUT2D eigenvalue weighted by Gasteiger charge is 2.20. The highest BCUT2D eigenvalue weighted by atomic mass is 35.5. The number of ether oxygens (including phenoxy) is 1. The number of anilines is 1. The molecule has 1 aromatic rings. The summed E-state index contributed by atoms with van der Waals surface area (Å²) in [4.78, 5) is 2.19. The van der Waals surface area contributed by atoms with Crippen LogP contribution in [-0.2, 0) is 0 Å².